The number of thiophene rings is 1. The molecule has 6 nitrogen and oxygen atoms in total. The maximum atomic E-state index is 13.6. The molecule has 0 bridgehead atoms. The lowest BCUT2D eigenvalue weighted by atomic mass is 9.99. The molecule has 8 heteroatoms. The van der Waals surface area contributed by atoms with E-state index in [1.165, 1.54) is 40.2 Å². The normalized spacial score (nSPS) is 11.0. The van der Waals surface area contributed by atoms with Gasteiger partial charge < -0.3 is 0 Å². The molecule has 2 heterocycles. The van der Waals surface area contributed by atoms with Crippen LogP contribution in [-0.4, -0.2) is 14.9 Å². The van der Waals surface area contributed by atoms with Crippen LogP contribution in [0.25, 0.3) is 21.3 Å². The van der Waals surface area contributed by atoms with E-state index in [4.69, 9.17) is 0 Å². The number of ketones is 1. The summed E-state index contributed by atoms with van der Waals surface area (Å²) in [5.74, 6) is -0.934. The number of aryl methyl sites for hydroxylation is 1. The fourth-order valence-corrected chi connectivity index (χ4v) is 5.46. The highest BCUT2D eigenvalue weighted by Gasteiger charge is 2.19. The minimum Gasteiger partial charge on any atom is -0.292 e. The van der Waals surface area contributed by atoms with Crippen molar-refractivity contribution in [3.8, 4) is 17.2 Å². The van der Waals surface area contributed by atoms with Crippen LogP contribution in [-0.2, 0) is 19.5 Å². The number of Topliss-reactive ketones (excluding diaryl/α,β-unsaturated/α-hetero) is 1. The number of nitriles is 1. The van der Waals surface area contributed by atoms with Gasteiger partial charge in [-0.1, -0.05) is 49.4 Å². The number of halogens is 1. The number of hydrogen-bond acceptors (Lipinski definition) is 5. The average molecular weight is 524 g/mol. The van der Waals surface area contributed by atoms with Crippen LogP contribution < -0.4 is 11.2 Å². The van der Waals surface area contributed by atoms with E-state index in [1.54, 1.807) is 12.1 Å². The summed E-state index contributed by atoms with van der Waals surface area (Å²) in [6.45, 7) is 1.73. The number of aromatic nitrogens is 2. The molecule has 38 heavy (non-hydrogen) atoms. The number of carbonyl (C=O) groups excluding carboxylic acids is 1. The van der Waals surface area contributed by atoms with Crippen LogP contribution >= 0.6 is 11.3 Å². The Morgan fingerprint density at radius 2 is 1.68 bits per heavy atom. The summed E-state index contributed by atoms with van der Waals surface area (Å²) in [6, 6.07) is 23.9. The van der Waals surface area contributed by atoms with Crippen molar-refractivity contribution in [2.45, 2.75) is 26.4 Å². The lowest BCUT2D eigenvalue weighted by Gasteiger charge is -2.12. The van der Waals surface area contributed by atoms with Crippen LogP contribution in [0.15, 0.2) is 88.5 Å². The predicted octanol–water partition coefficient (Wildman–Crippen LogP) is 5.40. The Morgan fingerprint density at radius 3 is 2.37 bits per heavy atom. The molecule has 2 aromatic heterocycles. The zero-order valence-electron chi connectivity index (χ0n) is 20.5. The van der Waals surface area contributed by atoms with Crippen molar-refractivity contribution in [2.24, 2.45) is 0 Å². The van der Waals surface area contributed by atoms with Crippen molar-refractivity contribution in [1.82, 2.24) is 9.13 Å². The largest absolute Gasteiger partial charge is 0.332 e. The van der Waals surface area contributed by atoms with Gasteiger partial charge in [-0.3, -0.25) is 18.7 Å². The summed E-state index contributed by atoms with van der Waals surface area (Å²) in [7, 11) is 0. The molecule has 5 rings (SSSR count). The fraction of sp³-hybridized carbons (Fsp3) is 0.133. The van der Waals surface area contributed by atoms with Gasteiger partial charge in [0, 0.05) is 10.4 Å². The second-order valence-electron chi connectivity index (χ2n) is 8.83. The molecule has 0 saturated carbocycles. The maximum absolute atomic E-state index is 13.6. The van der Waals surface area contributed by atoms with E-state index in [9.17, 15) is 24.0 Å². The van der Waals surface area contributed by atoms with E-state index in [0.29, 0.717) is 22.2 Å². The summed E-state index contributed by atoms with van der Waals surface area (Å²) in [5, 5.41) is 9.81. The van der Waals surface area contributed by atoms with Crippen LogP contribution in [0.3, 0.4) is 0 Å². The summed E-state index contributed by atoms with van der Waals surface area (Å²) in [6.07, 6.45) is 0.703. The second kappa shape index (κ2) is 10.4. The summed E-state index contributed by atoms with van der Waals surface area (Å²) in [5.41, 5.74) is 2.21. The molecule has 0 N–H and O–H groups in total. The SMILES string of the molecule is CCc1cc2c(=O)n(CC(=O)c3ccc(F)cc3)c(=O)n(Cc3ccc(-c4ccccc4C#N)cc3)c2s1. The van der Waals surface area contributed by atoms with Crippen molar-refractivity contribution in [2.75, 3.05) is 0 Å². The van der Waals surface area contributed by atoms with Gasteiger partial charge in [-0.2, -0.15) is 5.26 Å². The predicted molar refractivity (Wildman–Crippen MR) is 146 cm³/mol. The third-order valence-electron chi connectivity index (χ3n) is 6.42. The van der Waals surface area contributed by atoms with E-state index in [0.717, 1.165) is 26.1 Å². The Labute approximate surface area is 221 Å². The minimum atomic E-state index is -0.582. The zero-order valence-corrected chi connectivity index (χ0v) is 21.3. The molecule has 0 atom stereocenters. The molecule has 0 unspecified atom stereocenters. The topological polar surface area (TPSA) is 84.9 Å². The first-order valence-corrected chi connectivity index (χ1v) is 12.8. The lowest BCUT2D eigenvalue weighted by Crippen LogP contribution is -2.41. The smallest absolute Gasteiger partial charge is 0.292 e. The average Bonchev–Trinajstić information content (AvgIpc) is 3.39. The van der Waals surface area contributed by atoms with Gasteiger partial charge in [0.15, 0.2) is 5.78 Å². The molecule has 3 aromatic carbocycles. The molecule has 188 valence electrons. The Bertz CT molecular complexity index is 1830. The van der Waals surface area contributed by atoms with E-state index in [2.05, 4.69) is 6.07 Å². The van der Waals surface area contributed by atoms with E-state index < -0.39 is 29.4 Å². The number of nitrogens with zero attached hydrogens (tertiary/aromatic N) is 3. The maximum Gasteiger partial charge on any atom is 0.332 e. The quantitative estimate of drug-likeness (QED) is 0.268. The number of fused-ring (bicyclic) bond motifs is 1. The Balaban J connectivity index is 1.55. The molecule has 5 aromatic rings. The van der Waals surface area contributed by atoms with Crippen molar-refractivity contribution < 1.29 is 9.18 Å². The van der Waals surface area contributed by atoms with Crippen LogP contribution in [0.4, 0.5) is 4.39 Å². The van der Waals surface area contributed by atoms with Gasteiger partial charge in [-0.15, -0.1) is 11.3 Å². The van der Waals surface area contributed by atoms with Gasteiger partial charge in [0.2, 0.25) is 0 Å². The monoisotopic (exact) mass is 523 g/mol. The van der Waals surface area contributed by atoms with Gasteiger partial charge in [-0.05, 0) is 59.5 Å². The van der Waals surface area contributed by atoms with Crippen molar-refractivity contribution in [1.29, 1.82) is 5.26 Å². The van der Waals surface area contributed by atoms with Crippen molar-refractivity contribution in [3.63, 3.8) is 0 Å². The first kappa shape index (κ1) is 25.1. The van der Waals surface area contributed by atoms with Gasteiger partial charge in [0.1, 0.15) is 10.6 Å². The van der Waals surface area contributed by atoms with Crippen LogP contribution in [0.5, 0.6) is 0 Å². The summed E-state index contributed by atoms with van der Waals surface area (Å²) >= 11 is 1.39. The third-order valence-corrected chi connectivity index (χ3v) is 7.72. The Kier molecular flexibility index (Phi) is 6.86. The Hall–Kier alpha value is -4.61. The number of benzene rings is 3. The van der Waals surface area contributed by atoms with E-state index in [1.807, 2.05) is 49.4 Å². The molecule has 0 spiro atoms. The molecule has 0 aliphatic heterocycles. The molecule has 0 saturated heterocycles. The number of rotatable bonds is 7. The van der Waals surface area contributed by atoms with Gasteiger partial charge in [-0.25, -0.2) is 9.18 Å². The molecule has 0 radical (unpaired) electrons. The Morgan fingerprint density at radius 1 is 0.974 bits per heavy atom. The van der Waals surface area contributed by atoms with Crippen LogP contribution in [0.1, 0.15) is 33.3 Å². The lowest BCUT2D eigenvalue weighted by molar-refractivity contribution is 0.0969. The molecule has 0 fully saturated rings. The molecule has 0 aliphatic rings. The van der Waals surface area contributed by atoms with E-state index >= 15 is 0 Å². The number of hydrogen-bond donors (Lipinski definition) is 0. The van der Waals surface area contributed by atoms with E-state index in [-0.39, 0.29) is 12.1 Å². The highest BCUT2D eigenvalue weighted by Crippen LogP contribution is 2.26. The molecular formula is C30H22FN3O3S. The minimum absolute atomic E-state index is 0.199. The highest BCUT2D eigenvalue weighted by atomic mass is 32.1. The molecular weight excluding hydrogens is 501 g/mol. The highest BCUT2D eigenvalue weighted by molar-refractivity contribution is 7.18. The van der Waals surface area contributed by atoms with Crippen molar-refractivity contribution in [3.05, 3.63) is 127 Å². The second-order valence-corrected chi connectivity index (χ2v) is 9.94. The first-order chi connectivity index (χ1) is 18.4. The van der Waals surface area contributed by atoms with Gasteiger partial charge >= 0.3 is 5.69 Å². The van der Waals surface area contributed by atoms with Gasteiger partial charge in [0.05, 0.1) is 30.1 Å². The number of carbonyl (C=O) groups is 1. The standard InChI is InChI=1S/C30H22FN3O3S/c1-2-24-15-26-28(36)33(18-27(35)21-11-13-23(31)14-12-21)30(37)34(29(26)38-24)17-19-7-9-20(10-8-19)25-6-4-3-5-22(25)16-32/h3-15H,2,17-18H2,1H3. The molecule has 0 aliphatic carbocycles. The fourth-order valence-electron chi connectivity index (χ4n) is 4.38. The van der Waals surface area contributed by atoms with Crippen molar-refractivity contribution >= 4 is 27.3 Å². The van der Waals surface area contributed by atoms with Gasteiger partial charge in [0.25, 0.3) is 5.56 Å². The summed E-state index contributed by atoms with van der Waals surface area (Å²) < 4.78 is 15.8. The third kappa shape index (κ3) is 4.72. The first-order valence-electron chi connectivity index (χ1n) is 12.0. The summed E-state index contributed by atoms with van der Waals surface area (Å²) in [4.78, 5) is 41.2. The van der Waals surface area contributed by atoms with Crippen LogP contribution in [0, 0.1) is 17.1 Å². The van der Waals surface area contributed by atoms with Crippen LogP contribution in [0.2, 0.25) is 0 Å². The molecule has 0 amide bonds. The zero-order chi connectivity index (χ0) is 26.8.